The number of methoxy groups -OCH3 is 1. The Morgan fingerprint density at radius 2 is 1.96 bits per heavy atom. The molecule has 1 aromatic heterocycles. The lowest BCUT2D eigenvalue weighted by Crippen LogP contribution is -2.38. The number of nitrogens with zero attached hydrogens (tertiary/aromatic N) is 3. The molecule has 0 spiro atoms. The zero-order valence-electron chi connectivity index (χ0n) is 13.2. The molecule has 0 atom stereocenters. The van der Waals surface area contributed by atoms with Crippen LogP contribution in [-0.4, -0.2) is 48.1 Å². The molecule has 1 aromatic carbocycles. The number of aromatic nitrogens is 3. The average molecular weight is 336 g/mol. The highest BCUT2D eigenvalue weighted by atomic mass is 32.2. The van der Waals surface area contributed by atoms with Gasteiger partial charge < -0.3 is 4.74 Å². The van der Waals surface area contributed by atoms with Crippen molar-refractivity contribution in [3.63, 3.8) is 0 Å². The van der Waals surface area contributed by atoms with Gasteiger partial charge in [-0.2, -0.15) is 9.40 Å². The van der Waals surface area contributed by atoms with Crippen LogP contribution in [0.3, 0.4) is 0 Å². The summed E-state index contributed by atoms with van der Waals surface area (Å²) >= 11 is 0. The van der Waals surface area contributed by atoms with Gasteiger partial charge in [0.15, 0.2) is 5.82 Å². The van der Waals surface area contributed by atoms with E-state index >= 15 is 0 Å². The monoisotopic (exact) mass is 336 g/mol. The zero-order valence-corrected chi connectivity index (χ0v) is 14.0. The van der Waals surface area contributed by atoms with E-state index in [1.807, 2.05) is 6.92 Å². The number of nitrogens with one attached hydrogen (secondary N) is 1. The predicted molar refractivity (Wildman–Crippen MR) is 84.8 cm³/mol. The van der Waals surface area contributed by atoms with Gasteiger partial charge in [-0.05, 0) is 31.9 Å². The Bertz CT molecular complexity index is 780. The zero-order chi connectivity index (χ0) is 16.4. The van der Waals surface area contributed by atoms with Gasteiger partial charge in [0.25, 0.3) is 0 Å². The molecule has 3 rings (SSSR count). The lowest BCUT2D eigenvalue weighted by molar-refractivity contribution is 0.312. The van der Waals surface area contributed by atoms with Gasteiger partial charge in [0.05, 0.1) is 7.11 Å². The van der Waals surface area contributed by atoms with Crippen LogP contribution >= 0.6 is 0 Å². The van der Waals surface area contributed by atoms with E-state index in [0.717, 1.165) is 11.6 Å². The van der Waals surface area contributed by atoms with Crippen molar-refractivity contribution in [2.45, 2.75) is 30.6 Å². The number of aryl methyl sites for hydroxylation is 1. The van der Waals surface area contributed by atoms with Crippen molar-refractivity contribution in [1.82, 2.24) is 19.5 Å². The molecule has 0 unspecified atom stereocenters. The summed E-state index contributed by atoms with van der Waals surface area (Å²) in [6.07, 6.45) is 1.43. The van der Waals surface area contributed by atoms with Crippen molar-refractivity contribution in [2.75, 3.05) is 20.2 Å². The molecule has 1 fully saturated rings. The van der Waals surface area contributed by atoms with Gasteiger partial charge in [-0.1, -0.05) is 12.1 Å². The van der Waals surface area contributed by atoms with Gasteiger partial charge in [0, 0.05) is 19.0 Å². The van der Waals surface area contributed by atoms with E-state index in [1.165, 1.54) is 11.4 Å². The van der Waals surface area contributed by atoms with E-state index in [2.05, 4.69) is 15.2 Å². The minimum absolute atomic E-state index is 0.198. The fourth-order valence-corrected chi connectivity index (χ4v) is 4.49. The van der Waals surface area contributed by atoms with Crippen molar-refractivity contribution in [1.29, 1.82) is 0 Å². The van der Waals surface area contributed by atoms with Crippen LogP contribution in [0.2, 0.25) is 0 Å². The van der Waals surface area contributed by atoms with Gasteiger partial charge in [-0.15, -0.1) is 0 Å². The number of rotatable bonds is 4. The standard InChI is InChI=1S/C15H20N4O3S/c1-11-16-15(18-17-11)12-7-9-19(10-8-12)23(20,21)14-6-4-3-5-13(14)22-2/h3-6,12H,7-10H2,1-2H3,(H,16,17,18). The van der Waals surface area contributed by atoms with Crippen LogP contribution in [0.5, 0.6) is 5.75 Å². The number of hydrogen-bond acceptors (Lipinski definition) is 5. The van der Waals surface area contributed by atoms with E-state index in [4.69, 9.17) is 4.74 Å². The Labute approximate surface area is 135 Å². The first-order valence-corrected chi connectivity index (χ1v) is 8.98. The second kappa shape index (κ2) is 6.29. The summed E-state index contributed by atoms with van der Waals surface area (Å²) in [7, 11) is -2.07. The van der Waals surface area contributed by atoms with Crippen molar-refractivity contribution in [3.05, 3.63) is 35.9 Å². The third kappa shape index (κ3) is 3.09. The fourth-order valence-electron chi connectivity index (χ4n) is 2.87. The first kappa shape index (κ1) is 15.9. The molecule has 0 radical (unpaired) electrons. The van der Waals surface area contributed by atoms with Crippen LogP contribution in [-0.2, 0) is 10.0 Å². The number of hydrogen-bond donors (Lipinski definition) is 1. The molecule has 23 heavy (non-hydrogen) atoms. The minimum atomic E-state index is -3.55. The molecule has 124 valence electrons. The third-order valence-corrected chi connectivity index (χ3v) is 6.06. The molecule has 0 bridgehead atoms. The number of ether oxygens (including phenoxy) is 1. The molecule has 1 aliphatic rings. The second-order valence-corrected chi connectivity index (χ2v) is 7.51. The molecule has 2 heterocycles. The van der Waals surface area contributed by atoms with E-state index in [-0.39, 0.29) is 10.8 Å². The largest absolute Gasteiger partial charge is 0.495 e. The quantitative estimate of drug-likeness (QED) is 0.918. The summed E-state index contributed by atoms with van der Waals surface area (Å²) in [5, 5.41) is 7.03. The van der Waals surface area contributed by atoms with Crippen LogP contribution in [0, 0.1) is 6.92 Å². The molecule has 0 amide bonds. The number of para-hydroxylation sites is 1. The Hall–Kier alpha value is -1.93. The highest BCUT2D eigenvalue weighted by molar-refractivity contribution is 7.89. The number of benzene rings is 1. The van der Waals surface area contributed by atoms with Crippen molar-refractivity contribution in [2.24, 2.45) is 0 Å². The molecular formula is C15H20N4O3S. The third-order valence-electron chi connectivity index (χ3n) is 4.12. The van der Waals surface area contributed by atoms with Gasteiger partial charge in [-0.3, -0.25) is 5.10 Å². The van der Waals surface area contributed by atoms with Gasteiger partial charge >= 0.3 is 0 Å². The van der Waals surface area contributed by atoms with E-state index in [0.29, 0.717) is 31.7 Å². The lowest BCUT2D eigenvalue weighted by Gasteiger charge is -2.30. The average Bonchev–Trinajstić information content (AvgIpc) is 3.01. The van der Waals surface area contributed by atoms with Crippen LogP contribution < -0.4 is 4.74 Å². The van der Waals surface area contributed by atoms with Crippen molar-refractivity contribution >= 4 is 10.0 Å². The molecule has 1 saturated heterocycles. The van der Waals surface area contributed by atoms with Gasteiger partial charge in [0.1, 0.15) is 16.5 Å². The Morgan fingerprint density at radius 1 is 1.26 bits per heavy atom. The van der Waals surface area contributed by atoms with Crippen LogP contribution in [0.15, 0.2) is 29.2 Å². The van der Waals surface area contributed by atoms with E-state index in [9.17, 15) is 8.42 Å². The topological polar surface area (TPSA) is 88.2 Å². The summed E-state index contributed by atoms with van der Waals surface area (Å²) in [4.78, 5) is 4.57. The molecule has 8 heteroatoms. The summed E-state index contributed by atoms with van der Waals surface area (Å²) in [5.41, 5.74) is 0. The SMILES string of the molecule is COc1ccccc1S(=O)(=O)N1CCC(c2n[nH]c(C)n2)CC1. The fraction of sp³-hybridized carbons (Fsp3) is 0.467. The highest BCUT2D eigenvalue weighted by Crippen LogP contribution is 2.31. The molecule has 0 saturated carbocycles. The lowest BCUT2D eigenvalue weighted by atomic mass is 9.98. The maximum atomic E-state index is 12.8. The Balaban J connectivity index is 1.76. The molecule has 1 aliphatic heterocycles. The van der Waals surface area contributed by atoms with Crippen molar-refractivity contribution < 1.29 is 13.2 Å². The number of piperidine rings is 1. The van der Waals surface area contributed by atoms with E-state index < -0.39 is 10.0 Å². The van der Waals surface area contributed by atoms with Crippen molar-refractivity contribution in [3.8, 4) is 5.75 Å². The first-order valence-electron chi connectivity index (χ1n) is 7.54. The van der Waals surface area contributed by atoms with Crippen LogP contribution in [0.25, 0.3) is 0 Å². The highest BCUT2D eigenvalue weighted by Gasteiger charge is 2.32. The number of H-pyrrole nitrogens is 1. The number of sulfonamides is 1. The number of aromatic amines is 1. The summed E-state index contributed by atoms with van der Waals surface area (Å²) < 4.78 is 32.3. The molecule has 1 N–H and O–H groups in total. The summed E-state index contributed by atoms with van der Waals surface area (Å²) in [6.45, 7) is 2.77. The van der Waals surface area contributed by atoms with Crippen LogP contribution in [0.4, 0.5) is 0 Å². The van der Waals surface area contributed by atoms with E-state index in [1.54, 1.807) is 24.3 Å². The predicted octanol–water partition coefficient (Wildman–Crippen LogP) is 1.69. The molecule has 7 nitrogen and oxygen atoms in total. The van der Waals surface area contributed by atoms with Gasteiger partial charge in [0.2, 0.25) is 10.0 Å². The second-order valence-electron chi connectivity index (χ2n) is 5.61. The molecule has 0 aliphatic carbocycles. The van der Waals surface area contributed by atoms with Gasteiger partial charge in [-0.25, -0.2) is 13.4 Å². The smallest absolute Gasteiger partial charge is 0.246 e. The first-order chi connectivity index (χ1) is 11.0. The summed E-state index contributed by atoms with van der Waals surface area (Å²) in [5.74, 6) is 2.13. The van der Waals surface area contributed by atoms with Crippen LogP contribution in [0.1, 0.15) is 30.4 Å². The summed E-state index contributed by atoms with van der Waals surface area (Å²) in [6, 6.07) is 6.71. The normalized spacial score (nSPS) is 17.3. The Kier molecular flexibility index (Phi) is 4.36. The molecule has 2 aromatic rings. The Morgan fingerprint density at radius 3 is 2.57 bits per heavy atom. The molecular weight excluding hydrogens is 316 g/mol. The maximum Gasteiger partial charge on any atom is 0.246 e. The minimum Gasteiger partial charge on any atom is -0.495 e. The maximum absolute atomic E-state index is 12.8.